The zero-order chi connectivity index (χ0) is 47.3. The van der Waals surface area contributed by atoms with Gasteiger partial charge in [0.2, 0.25) is 16.5 Å². The molecule has 4 fully saturated rings. The molecule has 4 aliphatic heterocycles. The van der Waals surface area contributed by atoms with Gasteiger partial charge >= 0.3 is 58.9 Å². The Labute approximate surface area is 427 Å². The number of benzene rings is 2. The summed E-state index contributed by atoms with van der Waals surface area (Å²) in [6.45, 7) is 3.75. The Balaban J connectivity index is 0.000000223. The Bertz CT molecular complexity index is 2510. The topological polar surface area (TPSA) is 237 Å². The van der Waals surface area contributed by atoms with Crippen molar-refractivity contribution in [3.05, 3.63) is 106 Å². The second-order valence-electron chi connectivity index (χ2n) is 15.3. The molecule has 22 heteroatoms. The second kappa shape index (κ2) is 24.8. The van der Waals surface area contributed by atoms with Gasteiger partial charge in [0.05, 0.1) is 26.4 Å². The third-order valence-corrected chi connectivity index (χ3v) is 10.5. The maximum Gasteiger partial charge on any atom is 1.00 e. The number of aliphatic hydroxyl groups is 2. The molecule has 0 radical (unpaired) electrons. The van der Waals surface area contributed by atoms with Crippen molar-refractivity contribution in [1.29, 1.82) is 0 Å². The van der Waals surface area contributed by atoms with E-state index in [1.165, 1.54) is 9.80 Å². The second-order valence-corrected chi connectivity index (χ2v) is 15.7. The fraction of sp³-hybridized carbons (Fsp3) is 0.364. The maximum absolute atomic E-state index is 12.1. The summed E-state index contributed by atoms with van der Waals surface area (Å²) in [5.74, 6) is 10.2. The van der Waals surface area contributed by atoms with Crippen LogP contribution in [-0.4, -0.2) is 136 Å². The van der Waals surface area contributed by atoms with E-state index in [1.54, 1.807) is 62.9 Å². The molecule has 6 N–H and O–H groups in total. The zero-order valence-corrected chi connectivity index (χ0v) is 40.1. The normalized spacial score (nSPS) is 19.5. The average Bonchev–Trinajstić information content (AvgIpc) is 3.67. The van der Waals surface area contributed by atoms with E-state index < -0.39 is 36.5 Å². The van der Waals surface area contributed by atoms with E-state index in [-0.39, 0.29) is 80.4 Å². The van der Waals surface area contributed by atoms with Gasteiger partial charge in [-0.1, -0.05) is 35.5 Å². The molecule has 8 rings (SSSR count). The summed E-state index contributed by atoms with van der Waals surface area (Å²) in [5, 5.41) is 20.5. The van der Waals surface area contributed by atoms with Crippen molar-refractivity contribution in [2.24, 2.45) is 23.3 Å². The maximum atomic E-state index is 12.1. The van der Waals surface area contributed by atoms with E-state index in [1.807, 2.05) is 12.1 Å². The summed E-state index contributed by atoms with van der Waals surface area (Å²) in [5.41, 5.74) is 11.4. The minimum atomic E-state index is -3.67. The molecule has 4 amide bonds. The summed E-state index contributed by atoms with van der Waals surface area (Å²) in [4.78, 5) is 66.1. The van der Waals surface area contributed by atoms with Crippen LogP contribution in [0.25, 0.3) is 11.4 Å². The van der Waals surface area contributed by atoms with Crippen LogP contribution < -0.4 is 62.9 Å². The van der Waals surface area contributed by atoms with Crippen LogP contribution >= 0.6 is 11.6 Å². The molecule has 4 aromatic rings. The molecule has 2 aromatic carbocycles. The molecule has 0 unspecified atom stereocenters. The van der Waals surface area contributed by atoms with Crippen molar-refractivity contribution < 1.29 is 103 Å². The summed E-state index contributed by atoms with van der Waals surface area (Å²) in [6.07, 6.45) is 5.17. The van der Waals surface area contributed by atoms with Crippen LogP contribution in [0.1, 0.15) is 56.1 Å². The van der Waals surface area contributed by atoms with E-state index in [9.17, 15) is 42.3 Å². The van der Waals surface area contributed by atoms with Gasteiger partial charge < -0.3 is 41.0 Å². The van der Waals surface area contributed by atoms with Gasteiger partial charge in [-0.05, 0) is 36.6 Å². The molecule has 66 heavy (non-hydrogen) atoms. The largest absolute Gasteiger partial charge is 1.00 e. The van der Waals surface area contributed by atoms with Gasteiger partial charge in [0.1, 0.15) is 11.4 Å². The van der Waals surface area contributed by atoms with Crippen molar-refractivity contribution in [1.82, 2.24) is 29.7 Å². The van der Waals surface area contributed by atoms with Gasteiger partial charge in [0.25, 0.3) is 23.6 Å². The molecule has 0 bridgehead atoms. The van der Waals surface area contributed by atoms with Crippen molar-refractivity contribution >= 4 is 42.8 Å². The zero-order valence-electron chi connectivity index (χ0n) is 36.3. The fourth-order valence-electron chi connectivity index (χ4n) is 6.58. The van der Waals surface area contributed by atoms with E-state index in [0.29, 0.717) is 93.1 Å². The molecule has 2 aromatic heterocycles. The third-order valence-electron chi connectivity index (χ3n) is 10.3. The first kappa shape index (κ1) is 53.8. The van der Waals surface area contributed by atoms with Crippen LogP contribution in [-0.2, 0) is 31.9 Å². The van der Waals surface area contributed by atoms with Gasteiger partial charge in [0, 0.05) is 86.5 Å². The number of primary amides is 2. The number of hydrogen-bond donors (Lipinski definition) is 4. The number of carbonyl (C=O) groups excluding carboxylic acids is 4. The Morgan fingerprint density at radius 1 is 0.833 bits per heavy atom. The van der Waals surface area contributed by atoms with Gasteiger partial charge in [-0.3, -0.25) is 32.1 Å². The molecule has 0 spiro atoms. The number of nitrogens with zero attached hydrogens (tertiary/aromatic N) is 6. The van der Waals surface area contributed by atoms with Crippen LogP contribution in [0.15, 0.2) is 60.9 Å². The molecule has 4 aliphatic rings. The molecule has 0 aliphatic carbocycles. The number of carbonyl (C=O) groups is 4. The standard InChI is InChI=1S/C22H22N4O4.C13H12NO2.C9H10ClN3O2.BF3.K/c1-26-8-7-22(29,21(26)28)6-5-14-3-2-4-16(9-14)20-24-11-17(10-15-12-30-13-15)18(25-20)19(23)27;1-14-10-9-13(16,12(14)15)8-7-11-5-3-2-4-6-11;10-9-12-2-6(1-5-3-15-4-5)7(13-9)8(11)14;2-1(3)4;/h2-4,9,11,15,29H,7-8,10,12-13H2,1H3,(H2,23,27);2-3,5-6,16H,9-10H2,1H3;2,5H,1,3-4H2,(H2,11,14);;/q;-1;;;+1/t22-;13-;;;/m00.../s1. The number of ether oxygens (including phenoxy) is 2. The van der Waals surface area contributed by atoms with E-state index in [0.717, 1.165) is 11.1 Å². The first-order valence-corrected chi connectivity index (χ1v) is 20.4. The molecule has 0 saturated carbocycles. The van der Waals surface area contributed by atoms with Crippen LogP contribution in [0.5, 0.6) is 0 Å². The average molecular weight is 955 g/mol. The van der Waals surface area contributed by atoms with Crippen molar-refractivity contribution in [2.75, 3.05) is 53.6 Å². The Hall–Kier alpha value is -4.78. The Morgan fingerprint density at radius 2 is 1.32 bits per heavy atom. The van der Waals surface area contributed by atoms with Crippen molar-refractivity contribution in [3.8, 4) is 35.1 Å². The summed E-state index contributed by atoms with van der Waals surface area (Å²) >= 11 is 5.59. The monoisotopic (exact) mass is 954 g/mol. The molecular formula is C44H44BClF3KN8O8. The number of rotatable bonds is 7. The van der Waals surface area contributed by atoms with Crippen molar-refractivity contribution in [3.63, 3.8) is 0 Å². The molecular weight excluding hydrogens is 911 g/mol. The van der Waals surface area contributed by atoms with Crippen LogP contribution in [0.2, 0.25) is 5.28 Å². The third kappa shape index (κ3) is 15.1. The summed E-state index contributed by atoms with van der Waals surface area (Å²) < 4.78 is 39.2. The SMILES string of the molecule is CN1CC[C@@](O)(C#Cc2c[c-]ccc2)C1=O.CN1CC[C@@](O)(C#Cc2cccc(-c3ncc(CC4COC4)c(C(N)=O)n3)c2)C1=O.FB(F)F.NC(=O)c1nc(Cl)ncc1CC1COC1.[K+]. The van der Waals surface area contributed by atoms with Crippen molar-refractivity contribution in [2.45, 2.75) is 36.9 Å². The smallest absolute Gasteiger partial charge is 0.381 e. The van der Waals surface area contributed by atoms with Crippen LogP contribution in [0, 0.1) is 41.6 Å². The van der Waals surface area contributed by atoms with Crippen LogP contribution in [0.4, 0.5) is 12.9 Å². The first-order valence-electron chi connectivity index (χ1n) is 20.0. The minimum absolute atomic E-state index is 0. The summed E-state index contributed by atoms with van der Waals surface area (Å²) in [7, 11) is -0.365. The van der Waals surface area contributed by atoms with E-state index in [2.05, 4.69) is 49.7 Å². The van der Waals surface area contributed by atoms with Gasteiger partial charge in [0.15, 0.2) is 5.82 Å². The number of hydrogen-bond acceptors (Lipinski definition) is 12. The summed E-state index contributed by atoms with van der Waals surface area (Å²) in [6, 6.07) is 17.1. The predicted molar refractivity (Wildman–Crippen MR) is 230 cm³/mol. The number of nitrogens with two attached hydrogens (primary N) is 2. The number of likely N-dealkylation sites (N-methyl/N-ethyl adjacent to an activating group) is 2. The molecule has 2 atom stereocenters. The molecule has 6 heterocycles. The molecule has 340 valence electrons. The number of aromatic nitrogens is 4. The number of halogens is 4. The number of amides is 4. The minimum Gasteiger partial charge on any atom is -0.381 e. The Morgan fingerprint density at radius 3 is 1.76 bits per heavy atom. The quantitative estimate of drug-likeness (QED) is 0.0765. The molecule has 4 saturated heterocycles. The van der Waals surface area contributed by atoms with Crippen LogP contribution in [0.3, 0.4) is 0 Å². The first-order chi connectivity index (χ1) is 30.9. The predicted octanol–water partition coefficient (Wildman–Crippen LogP) is -0.891. The fourth-order valence-corrected chi connectivity index (χ4v) is 6.71. The van der Waals surface area contributed by atoms with Gasteiger partial charge in [-0.2, -0.15) is 30.3 Å². The van der Waals surface area contributed by atoms with E-state index >= 15 is 0 Å². The number of likely N-dealkylation sites (tertiary alicyclic amines) is 2. The van der Waals surface area contributed by atoms with Gasteiger partial charge in [-0.15, -0.1) is 5.92 Å². The Kier molecular flexibility index (Phi) is 20.3. The van der Waals surface area contributed by atoms with E-state index in [4.69, 9.17) is 32.5 Å². The molecule has 16 nitrogen and oxygen atoms in total. The van der Waals surface area contributed by atoms with Gasteiger partial charge in [-0.25, -0.2) is 19.9 Å².